The third-order valence-corrected chi connectivity index (χ3v) is 5.94. The van der Waals surface area contributed by atoms with Gasteiger partial charge in [0.05, 0.1) is 26.4 Å². The van der Waals surface area contributed by atoms with Gasteiger partial charge in [-0.2, -0.15) is 5.48 Å². The van der Waals surface area contributed by atoms with Crippen molar-refractivity contribution in [2.75, 3.05) is 33.9 Å². The van der Waals surface area contributed by atoms with Gasteiger partial charge in [-0.15, -0.1) is 0 Å². The summed E-state index contributed by atoms with van der Waals surface area (Å²) >= 11 is 0. The number of nitrogens with zero attached hydrogens (tertiary/aromatic N) is 1. The van der Waals surface area contributed by atoms with Gasteiger partial charge in [0.1, 0.15) is 17.9 Å². The molecule has 0 bridgehead atoms. The molecule has 10 heteroatoms. The fourth-order valence-corrected chi connectivity index (χ4v) is 3.68. The number of hydrogen-bond donors (Lipinski definition) is 3. The second kappa shape index (κ2) is 25.7. The lowest BCUT2D eigenvalue weighted by Crippen LogP contribution is -2.46. The smallest absolute Gasteiger partial charge is 0.241 e. The average molecular weight is 572 g/mol. The Balaban J connectivity index is 0. The average Bonchev–Trinajstić information content (AvgIpc) is 2.97. The number of nitrogens with one attached hydrogen (secondary N) is 2. The molecule has 1 fully saturated rings. The number of likely N-dealkylation sites (N-methyl/N-ethyl adjacent to an activating group) is 1. The van der Waals surface area contributed by atoms with Crippen molar-refractivity contribution >= 4 is 11.8 Å². The molecule has 1 aromatic carbocycles. The van der Waals surface area contributed by atoms with Crippen LogP contribution < -0.4 is 15.5 Å². The van der Waals surface area contributed by atoms with Crippen LogP contribution in [0.5, 0.6) is 5.75 Å². The minimum atomic E-state index is -0.431. The topological polar surface area (TPSA) is 119 Å². The first-order chi connectivity index (χ1) is 19.3. The molecule has 3 N–H and O–H groups in total. The van der Waals surface area contributed by atoms with Gasteiger partial charge in [0.15, 0.2) is 0 Å². The van der Waals surface area contributed by atoms with E-state index in [-0.39, 0.29) is 30.6 Å². The zero-order chi connectivity index (χ0) is 30.9. The normalized spacial score (nSPS) is 16.5. The van der Waals surface area contributed by atoms with E-state index in [0.717, 1.165) is 29.7 Å². The summed E-state index contributed by atoms with van der Waals surface area (Å²) in [6.07, 6.45) is 3.07. The van der Waals surface area contributed by atoms with E-state index in [1.54, 1.807) is 26.0 Å². The molecular formula is C30H57N3O7. The third kappa shape index (κ3) is 16.1. The first-order valence-corrected chi connectivity index (χ1v) is 14.7. The Morgan fingerprint density at radius 3 is 2.40 bits per heavy atom. The van der Waals surface area contributed by atoms with Gasteiger partial charge in [0.25, 0.3) is 0 Å². The summed E-state index contributed by atoms with van der Waals surface area (Å²) < 4.78 is 5.34. The molecule has 2 amide bonds. The molecule has 0 aromatic heterocycles. The number of aliphatic hydroxyl groups is 1. The Bertz CT molecular complexity index is 780. The van der Waals surface area contributed by atoms with Gasteiger partial charge >= 0.3 is 0 Å². The third-order valence-electron chi connectivity index (χ3n) is 5.94. The summed E-state index contributed by atoms with van der Waals surface area (Å²) in [5, 5.41) is 10.6. The molecule has 40 heavy (non-hydrogen) atoms. The highest BCUT2D eigenvalue weighted by Crippen LogP contribution is 2.21. The summed E-state index contributed by atoms with van der Waals surface area (Å²) in [5.74, 6) is 0.779. The van der Waals surface area contributed by atoms with E-state index in [9.17, 15) is 9.59 Å². The maximum atomic E-state index is 12.8. The lowest BCUT2D eigenvalue weighted by atomic mass is 10.1. The number of hydrogen-bond acceptors (Lipinski definition) is 8. The van der Waals surface area contributed by atoms with Crippen molar-refractivity contribution in [2.24, 2.45) is 0 Å². The SMILES string of the molecule is CC.CC.CCC(NOCc1cccc(OC)c1C)C(=O)N(C)CCCCC(=O)N[C@H]1CCOO[C@H]1C.CCO. The number of benzene rings is 1. The molecule has 1 saturated heterocycles. The lowest BCUT2D eigenvalue weighted by Gasteiger charge is -2.28. The summed E-state index contributed by atoms with van der Waals surface area (Å²) in [5.41, 5.74) is 4.92. The van der Waals surface area contributed by atoms with Gasteiger partial charge in [-0.25, -0.2) is 9.78 Å². The molecular weight excluding hydrogens is 514 g/mol. The summed E-state index contributed by atoms with van der Waals surface area (Å²) in [6.45, 7) is 17.1. The highest BCUT2D eigenvalue weighted by Gasteiger charge is 2.25. The highest BCUT2D eigenvalue weighted by atomic mass is 17.2. The number of rotatable bonds is 13. The molecule has 1 heterocycles. The largest absolute Gasteiger partial charge is 0.496 e. The summed E-state index contributed by atoms with van der Waals surface area (Å²) in [4.78, 5) is 42.3. The van der Waals surface area contributed by atoms with Crippen LogP contribution in [0.1, 0.15) is 91.7 Å². The van der Waals surface area contributed by atoms with Crippen LogP contribution in [-0.2, 0) is 30.8 Å². The second-order valence-corrected chi connectivity index (χ2v) is 8.73. The van der Waals surface area contributed by atoms with Crippen molar-refractivity contribution in [3.05, 3.63) is 29.3 Å². The van der Waals surface area contributed by atoms with Crippen LogP contribution in [0.4, 0.5) is 0 Å². The minimum Gasteiger partial charge on any atom is -0.496 e. The van der Waals surface area contributed by atoms with Gasteiger partial charge < -0.3 is 20.1 Å². The van der Waals surface area contributed by atoms with Crippen LogP contribution in [0, 0.1) is 6.92 Å². The predicted molar refractivity (Wildman–Crippen MR) is 160 cm³/mol. The zero-order valence-electron chi connectivity index (χ0n) is 26.7. The standard InChI is InChI=1S/C24H39N3O6.C2H6O.2C2H6/c1-6-20(26-31-16-19-10-9-11-22(30-5)17(19)2)24(29)27(4)14-8-7-12-23(28)25-21-13-15-32-33-18(21)3;1-2-3;2*1-2/h9-11,18,20-21,26H,6-8,12-16H2,1-5H3,(H,25,28);3H,2H2,1H3;2*1-2H3/t18-,20?,21-;;;/m0.../s1. The highest BCUT2D eigenvalue weighted by molar-refractivity contribution is 5.81. The summed E-state index contributed by atoms with van der Waals surface area (Å²) in [7, 11) is 3.42. The number of carbonyl (C=O) groups is 2. The van der Waals surface area contributed by atoms with E-state index >= 15 is 0 Å². The van der Waals surface area contributed by atoms with Crippen LogP contribution in [-0.4, -0.2) is 73.9 Å². The quantitative estimate of drug-likeness (QED) is 0.177. The molecule has 3 atom stereocenters. The molecule has 0 aliphatic carbocycles. The van der Waals surface area contributed by atoms with E-state index in [1.807, 2.05) is 66.7 Å². The maximum Gasteiger partial charge on any atom is 0.241 e. The first-order valence-electron chi connectivity index (χ1n) is 14.7. The maximum absolute atomic E-state index is 12.8. The second-order valence-electron chi connectivity index (χ2n) is 8.73. The van der Waals surface area contributed by atoms with Crippen LogP contribution in [0.3, 0.4) is 0 Å². The Labute approximate surface area is 243 Å². The van der Waals surface area contributed by atoms with E-state index < -0.39 is 6.04 Å². The molecule has 1 unspecified atom stereocenters. The van der Waals surface area contributed by atoms with E-state index in [2.05, 4.69) is 10.8 Å². The van der Waals surface area contributed by atoms with Crippen LogP contribution in [0.15, 0.2) is 18.2 Å². The predicted octanol–water partition coefficient (Wildman–Crippen LogP) is 4.71. The van der Waals surface area contributed by atoms with Gasteiger partial charge in [0, 0.05) is 26.6 Å². The van der Waals surface area contributed by atoms with Crippen LogP contribution in [0.25, 0.3) is 0 Å². The van der Waals surface area contributed by atoms with Crippen molar-refractivity contribution in [1.82, 2.24) is 15.7 Å². The van der Waals surface area contributed by atoms with E-state index in [0.29, 0.717) is 39.0 Å². The molecule has 2 rings (SSSR count). The Kier molecular flexibility index (Phi) is 25.6. The van der Waals surface area contributed by atoms with Gasteiger partial charge in [-0.3, -0.25) is 14.4 Å². The molecule has 10 nitrogen and oxygen atoms in total. The van der Waals surface area contributed by atoms with Crippen molar-refractivity contribution in [2.45, 2.75) is 112 Å². The lowest BCUT2D eigenvalue weighted by molar-refractivity contribution is -0.346. The number of unbranched alkanes of at least 4 members (excludes halogenated alkanes) is 1. The minimum absolute atomic E-state index is 0.000617. The fourth-order valence-electron chi connectivity index (χ4n) is 3.68. The number of ether oxygens (including phenoxy) is 1. The van der Waals surface area contributed by atoms with Crippen molar-refractivity contribution < 1.29 is 34.0 Å². The fraction of sp³-hybridized carbons (Fsp3) is 0.733. The van der Waals surface area contributed by atoms with Gasteiger partial charge in [0.2, 0.25) is 11.8 Å². The number of carbonyl (C=O) groups excluding carboxylic acids is 2. The Morgan fingerprint density at radius 1 is 1.18 bits per heavy atom. The molecule has 0 spiro atoms. The number of methoxy groups -OCH3 is 1. The Hall–Kier alpha value is -2.24. The van der Waals surface area contributed by atoms with Crippen molar-refractivity contribution in [3.63, 3.8) is 0 Å². The first kappa shape index (κ1) is 39.9. The Morgan fingerprint density at radius 2 is 1.82 bits per heavy atom. The van der Waals surface area contributed by atoms with Gasteiger partial charge in [-0.1, -0.05) is 46.8 Å². The van der Waals surface area contributed by atoms with E-state index in [1.165, 1.54) is 0 Å². The van der Waals surface area contributed by atoms with Crippen LogP contribution >= 0.6 is 0 Å². The molecule has 0 radical (unpaired) electrons. The molecule has 1 aromatic rings. The van der Waals surface area contributed by atoms with Gasteiger partial charge in [-0.05, 0) is 63.6 Å². The summed E-state index contributed by atoms with van der Waals surface area (Å²) in [6, 6.07) is 5.34. The molecule has 234 valence electrons. The number of hydroxylamine groups is 1. The van der Waals surface area contributed by atoms with Crippen LogP contribution in [0.2, 0.25) is 0 Å². The number of aliphatic hydroxyl groups excluding tert-OH is 1. The van der Waals surface area contributed by atoms with E-state index in [4.69, 9.17) is 24.5 Å². The van der Waals surface area contributed by atoms with Crippen molar-refractivity contribution in [3.8, 4) is 5.75 Å². The monoisotopic (exact) mass is 571 g/mol. The zero-order valence-corrected chi connectivity index (χ0v) is 26.7. The molecule has 1 aliphatic rings. The molecule has 0 saturated carbocycles. The molecule has 1 aliphatic heterocycles. The number of amides is 2. The van der Waals surface area contributed by atoms with Crippen molar-refractivity contribution in [1.29, 1.82) is 0 Å².